The topological polar surface area (TPSA) is 72.8 Å². The summed E-state index contributed by atoms with van der Waals surface area (Å²) in [4.78, 5) is 0. The summed E-state index contributed by atoms with van der Waals surface area (Å²) in [5.74, 6) is -0.840. The molecule has 22 heavy (non-hydrogen) atoms. The summed E-state index contributed by atoms with van der Waals surface area (Å²) in [6.07, 6.45) is 0. The van der Waals surface area contributed by atoms with Crippen LogP contribution < -0.4 is 4.18 Å². The average Bonchev–Trinajstić information content (AvgIpc) is 2.28. The van der Waals surface area contributed by atoms with Crippen LogP contribution in [0, 0.1) is 0 Å². The molecule has 0 spiro atoms. The number of halogens is 7. The van der Waals surface area contributed by atoms with Gasteiger partial charge in [0.2, 0.25) is 0 Å². The lowest BCUT2D eigenvalue weighted by Crippen LogP contribution is -2.32. The van der Waals surface area contributed by atoms with Gasteiger partial charge in [0, 0.05) is 5.02 Å². The third kappa shape index (κ3) is 4.16. The minimum Gasteiger partial charge on any atom is -0.389 e. The molecule has 1 unspecified atom stereocenters. The third-order valence-corrected chi connectivity index (χ3v) is 5.21. The molecule has 0 radical (unpaired) electrons. The highest BCUT2D eigenvalue weighted by Gasteiger charge is 2.53. The van der Waals surface area contributed by atoms with Gasteiger partial charge in [0.1, 0.15) is 5.75 Å². The van der Waals surface area contributed by atoms with E-state index in [1.807, 2.05) is 0 Å². The standard InChI is InChI=1S/C8H4ClF6NO4S2/c9-5-1-3-6(4-2-5)20-22(19,8(13,14)15)16-21(17,18)7(10,11)12/h1-4H. The van der Waals surface area contributed by atoms with E-state index in [-0.39, 0.29) is 5.02 Å². The highest BCUT2D eigenvalue weighted by molar-refractivity contribution is 8.01. The first kappa shape index (κ1) is 18.8. The molecule has 0 N–H and O–H groups in total. The second-order valence-corrected chi connectivity index (χ2v) is 7.48. The fourth-order valence-electron chi connectivity index (χ4n) is 0.897. The fraction of sp³-hybridized carbons (Fsp3) is 0.250. The van der Waals surface area contributed by atoms with Crippen LogP contribution in [0.1, 0.15) is 0 Å². The van der Waals surface area contributed by atoms with Crippen molar-refractivity contribution in [2.75, 3.05) is 0 Å². The van der Waals surface area contributed by atoms with Gasteiger partial charge in [-0.1, -0.05) is 15.4 Å². The maximum atomic E-state index is 12.6. The third-order valence-electron chi connectivity index (χ3n) is 1.80. The molecule has 1 aromatic carbocycles. The summed E-state index contributed by atoms with van der Waals surface area (Å²) in [5.41, 5.74) is -12.2. The van der Waals surface area contributed by atoms with Gasteiger partial charge in [-0.05, 0) is 24.3 Å². The van der Waals surface area contributed by atoms with Crippen molar-refractivity contribution in [2.45, 2.75) is 11.0 Å². The lowest BCUT2D eigenvalue weighted by molar-refractivity contribution is -0.0470. The van der Waals surface area contributed by atoms with Gasteiger partial charge < -0.3 is 4.18 Å². The number of rotatable bonds is 3. The van der Waals surface area contributed by atoms with Crippen LogP contribution in [0.2, 0.25) is 5.02 Å². The van der Waals surface area contributed by atoms with Gasteiger partial charge in [-0.25, -0.2) is 0 Å². The van der Waals surface area contributed by atoms with Crippen LogP contribution in [0.5, 0.6) is 5.75 Å². The summed E-state index contributed by atoms with van der Waals surface area (Å²) in [5, 5.41) is 0.0331. The van der Waals surface area contributed by atoms with E-state index in [1.165, 1.54) is 3.77 Å². The first-order valence-corrected chi connectivity index (χ1v) is 8.05. The lowest BCUT2D eigenvalue weighted by atomic mass is 10.3. The molecule has 14 heteroatoms. The molecule has 0 aliphatic rings. The van der Waals surface area contributed by atoms with Crippen molar-refractivity contribution in [1.29, 1.82) is 0 Å². The fourth-order valence-corrected chi connectivity index (χ4v) is 3.32. The number of nitrogens with zero attached hydrogens (tertiary/aromatic N) is 1. The number of hydrogen-bond donors (Lipinski definition) is 0. The Morgan fingerprint density at radius 1 is 0.909 bits per heavy atom. The average molecular weight is 392 g/mol. The molecule has 5 nitrogen and oxygen atoms in total. The molecular formula is C8H4ClF6NO4S2. The van der Waals surface area contributed by atoms with Gasteiger partial charge in [-0.2, -0.15) is 39.0 Å². The molecule has 1 aromatic rings. The van der Waals surface area contributed by atoms with E-state index in [0.29, 0.717) is 0 Å². The first-order valence-electron chi connectivity index (χ1n) is 4.79. The Bertz CT molecular complexity index is 761. The zero-order chi connectivity index (χ0) is 17.4. The molecule has 0 saturated heterocycles. The van der Waals surface area contributed by atoms with Crippen molar-refractivity contribution in [3.8, 4) is 5.75 Å². The Kier molecular flexibility index (Phi) is 4.94. The maximum absolute atomic E-state index is 12.6. The molecule has 0 bridgehead atoms. The second-order valence-electron chi connectivity index (χ2n) is 3.45. The summed E-state index contributed by atoms with van der Waals surface area (Å²) >= 11 is 5.42. The normalized spacial score (nSPS) is 16.0. The van der Waals surface area contributed by atoms with E-state index >= 15 is 0 Å². The van der Waals surface area contributed by atoms with Gasteiger partial charge >= 0.3 is 31.0 Å². The summed E-state index contributed by atoms with van der Waals surface area (Å²) < 4.78 is 112. The molecule has 0 heterocycles. The van der Waals surface area contributed by atoms with Crippen LogP contribution in [0.3, 0.4) is 0 Å². The Balaban J connectivity index is 3.47. The molecule has 126 valence electrons. The monoisotopic (exact) mass is 391 g/mol. The molecule has 0 aromatic heterocycles. The molecule has 0 aliphatic heterocycles. The number of alkyl halides is 6. The Morgan fingerprint density at radius 2 is 1.36 bits per heavy atom. The van der Waals surface area contributed by atoms with Crippen LogP contribution in [-0.4, -0.2) is 23.6 Å². The quantitative estimate of drug-likeness (QED) is 0.740. The van der Waals surface area contributed by atoms with Crippen molar-refractivity contribution in [2.24, 2.45) is 3.77 Å². The molecular weight excluding hydrogens is 388 g/mol. The van der Waals surface area contributed by atoms with Crippen LogP contribution >= 0.6 is 11.6 Å². The van der Waals surface area contributed by atoms with Crippen LogP contribution in [0.4, 0.5) is 26.3 Å². The van der Waals surface area contributed by atoms with Crippen molar-refractivity contribution >= 4 is 31.6 Å². The van der Waals surface area contributed by atoms with E-state index in [2.05, 4.69) is 4.18 Å². The van der Waals surface area contributed by atoms with Gasteiger partial charge in [0.05, 0.1) is 0 Å². The van der Waals surface area contributed by atoms with E-state index in [9.17, 15) is 39.0 Å². The Labute approximate surface area is 125 Å². The molecule has 0 fully saturated rings. The Morgan fingerprint density at radius 3 is 1.73 bits per heavy atom. The van der Waals surface area contributed by atoms with Gasteiger partial charge in [-0.3, -0.25) is 0 Å². The number of hydrogen-bond acceptors (Lipinski definition) is 4. The molecule has 0 amide bonds. The zero-order valence-electron chi connectivity index (χ0n) is 9.85. The van der Waals surface area contributed by atoms with Crippen molar-refractivity contribution < 1.29 is 43.2 Å². The molecule has 1 atom stereocenters. The SMILES string of the molecule is O=S(=O)(N=S(=O)(Oc1ccc(Cl)cc1)C(F)(F)F)C(F)(F)F. The lowest BCUT2D eigenvalue weighted by Gasteiger charge is -2.14. The smallest absolute Gasteiger partial charge is 0.389 e. The van der Waals surface area contributed by atoms with E-state index < -0.39 is 36.8 Å². The van der Waals surface area contributed by atoms with E-state index in [0.717, 1.165) is 24.3 Å². The maximum Gasteiger partial charge on any atom is 0.519 e. The van der Waals surface area contributed by atoms with Crippen molar-refractivity contribution in [3.63, 3.8) is 0 Å². The Hall–Kier alpha value is -1.21. The summed E-state index contributed by atoms with van der Waals surface area (Å²) in [6, 6.07) is 3.43. The van der Waals surface area contributed by atoms with Gasteiger partial charge in [0.15, 0.2) is 0 Å². The summed E-state index contributed by atoms with van der Waals surface area (Å²) in [6.45, 7) is 0. The number of benzene rings is 1. The molecule has 0 aliphatic carbocycles. The molecule has 1 rings (SSSR count). The van der Waals surface area contributed by atoms with Crippen molar-refractivity contribution in [3.05, 3.63) is 29.3 Å². The molecule has 0 saturated carbocycles. The van der Waals surface area contributed by atoms with Gasteiger partial charge in [0.25, 0.3) is 0 Å². The zero-order valence-corrected chi connectivity index (χ0v) is 12.2. The van der Waals surface area contributed by atoms with E-state index in [4.69, 9.17) is 11.6 Å². The number of sulfonamides is 1. The second kappa shape index (κ2) is 5.77. The minimum atomic E-state index is -6.69. The van der Waals surface area contributed by atoms with Crippen LogP contribution in [0.25, 0.3) is 0 Å². The van der Waals surface area contributed by atoms with Gasteiger partial charge in [-0.15, -0.1) is 0 Å². The predicted octanol–water partition coefficient (Wildman–Crippen LogP) is 3.47. The summed E-state index contributed by atoms with van der Waals surface area (Å²) in [7, 11) is -12.9. The van der Waals surface area contributed by atoms with Crippen molar-refractivity contribution in [1.82, 2.24) is 0 Å². The largest absolute Gasteiger partial charge is 0.519 e. The first-order chi connectivity index (χ1) is 9.68. The van der Waals surface area contributed by atoms with E-state index in [1.54, 1.807) is 0 Å². The highest BCUT2D eigenvalue weighted by Crippen LogP contribution is 2.33. The van der Waals surface area contributed by atoms with Crippen LogP contribution in [-0.2, 0) is 20.0 Å². The van der Waals surface area contributed by atoms with Crippen LogP contribution in [0.15, 0.2) is 28.0 Å². The predicted molar refractivity (Wildman–Crippen MR) is 63.7 cm³/mol. The minimum absolute atomic E-state index is 0.0331. The highest BCUT2D eigenvalue weighted by atomic mass is 35.5.